The molecule has 2 aromatic rings. The van der Waals surface area contributed by atoms with Crippen LogP contribution in [0.15, 0.2) is 42.7 Å². The third-order valence-electron chi connectivity index (χ3n) is 2.41. The summed E-state index contributed by atoms with van der Waals surface area (Å²) in [7, 11) is 1.34. The van der Waals surface area contributed by atoms with Gasteiger partial charge in [0.15, 0.2) is 0 Å². The number of methoxy groups -OCH3 is 1. The Morgan fingerprint density at radius 2 is 2.22 bits per heavy atom. The van der Waals surface area contributed by atoms with Crippen molar-refractivity contribution in [2.45, 2.75) is 0 Å². The summed E-state index contributed by atoms with van der Waals surface area (Å²) in [5, 5.41) is 3.10. The van der Waals surface area contributed by atoms with E-state index < -0.39 is 5.97 Å². The number of aromatic nitrogens is 1. The van der Waals surface area contributed by atoms with Crippen LogP contribution in [-0.4, -0.2) is 18.1 Å². The first-order valence-corrected chi connectivity index (χ1v) is 5.35. The molecule has 0 unspecified atom stereocenters. The Balaban J connectivity index is 2.30. The number of ether oxygens (including phenoxy) is 1. The number of carbonyl (C=O) groups is 1. The topological polar surface area (TPSA) is 77.2 Å². The predicted molar refractivity (Wildman–Crippen MR) is 69.7 cm³/mol. The van der Waals surface area contributed by atoms with Crippen molar-refractivity contribution < 1.29 is 9.53 Å². The number of pyridine rings is 1. The summed E-state index contributed by atoms with van der Waals surface area (Å²) in [5.41, 5.74) is 8.28. The van der Waals surface area contributed by atoms with Crippen molar-refractivity contribution >= 4 is 23.0 Å². The van der Waals surface area contributed by atoms with Gasteiger partial charge in [0.05, 0.1) is 35.9 Å². The van der Waals surface area contributed by atoms with Gasteiger partial charge in [-0.25, -0.2) is 4.79 Å². The van der Waals surface area contributed by atoms with Crippen molar-refractivity contribution in [3.63, 3.8) is 0 Å². The molecule has 2 rings (SSSR count). The van der Waals surface area contributed by atoms with Crippen molar-refractivity contribution in [3.05, 3.63) is 48.3 Å². The van der Waals surface area contributed by atoms with Gasteiger partial charge in [-0.05, 0) is 30.3 Å². The Labute approximate surface area is 105 Å². The number of rotatable bonds is 3. The van der Waals surface area contributed by atoms with Crippen LogP contribution in [0.25, 0.3) is 0 Å². The molecule has 0 amide bonds. The Kier molecular flexibility index (Phi) is 3.43. The number of anilines is 3. The van der Waals surface area contributed by atoms with Crippen molar-refractivity contribution in [1.82, 2.24) is 4.98 Å². The van der Waals surface area contributed by atoms with E-state index in [9.17, 15) is 4.79 Å². The van der Waals surface area contributed by atoms with Crippen molar-refractivity contribution in [2.75, 3.05) is 18.2 Å². The summed E-state index contributed by atoms with van der Waals surface area (Å²) in [5.74, 6) is -0.399. The average molecular weight is 243 g/mol. The molecule has 0 fully saturated rings. The molecule has 0 atom stereocenters. The highest BCUT2D eigenvalue weighted by Crippen LogP contribution is 2.24. The average Bonchev–Trinajstić information content (AvgIpc) is 2.41. The minimum Gasteiger partial charge on any atom is -0.465 e. The lowest BCUT2D eigenvalue weighted by molar-refractivity contribution is 0.0601. The second-order valence-corrected chi connectivity index (χ2v) is 3.66. The standard InChI is InChI=1S/C13H13N3O2/c1-18-13(17)9-4-5-11(14)12(7-9)16-10-3-2-6-15-8-10/h2-8,16H,14H2,1H3. The Hall–Kier alpha value is -2.56. The zero-order valence-corrected chi connectivity index (χ0v) is 9.88. The van der Waals surface area contributed by atoms with Gasteiger partial charge in [-0.15, -0.1) is 0 Å². The number of nitrogens with zero attached hydrogens (tertiary/aromatic N) is 1. The van der Waals surface area contributed by atoms with Crippen LogP contribution in [0, 0.1) is 0 Å². The van der Waals surface area contributed by atoms with Gasteiger partial charge in [0, 0.05) is 6.20 Å². The smallest absolute Gasteiger partial charge is 0.337 e. The van der Waals surface area contributed by atoms with E-state index >= 15 is 0 Å². The van der Waals surface area contributed by atoms with Crippen molar-refractivity contribution in [2.24, 2.45) is 0 Å². The lowest BCUT2D eigenvalue weighted by Crippen LogP contribution is -2.04. The van der Waals surface area contributed by atoms with Crippen LogP contribution in [0.1, 0.15) is 10.4 Å². The molecule has 1 aromatic heterocycles. The molecule has 1 aromatic carbocycles. The van der Waals surface area contributed by atoms with E-state index in [1.807, 2.05) is 12.1 Å². The van der Waals surface area contributed by atoms with E-state index in [0.717, 1.165) is 5.69 Å². The molecule has 1 heterocycles. The molecule has 0 saturated heterocycles. The van der Waals surface area contributed by atoms with E-state index in [-0.39, 0.29) is 0 Å². The molecule has 0 spiro atoms. The molecule has 0 bridgehead atoms. The zero-order valence-electron chi connectivity index (χ0n) is 9.88. The summed E-state index contributed by atoms with van der Waals surface area (Å²) in [6.45, 7) is 0. The van der Waals surface area contributed by atoms with Crippen molar-refractivity contribution in [3.8, 4) is 0 Å². The van der Waals surface area contributed by atoms with Crippen LogP contribution < -0.4 is 11.1 Å². The molecule has 5 nitrogen and oxygen atoms in total. The van der Waals surface area contributed by atoms with E-state index in [0.29, 0.717) is 16.9 Å². The molecule has 0 saturated carbocycles. The van der Waals surface area contributed by atoms with Gasteiger partial charge in [-0.1, -0.05) is 0 Å². The number of hydrogen-bond acceptors (Lipinski definition) is 5. The number of esters is 1. The van der Waals surface area contributed by atoms with E-state index in [1.165, 1.54) is 7.11 Å². The summed E-state index contributed by atoms with van der Waals surface area (Å²) >= 11 is 0. The fourth-order valence-corrected chi connectivity index (χ4v) is 1.50. The van der Waals surface area contributed by atoms with Crippen LogP contribution in [-0.2, 0) is 4.74 Å². The Morgan fingerprint density at radius 1 is 1.39 bits per heavy atom. The highest BCUT2D eigenvalue weighted by Gasteiger charge is 2.08. The van der Waals surface area contributed by atoms with Crippen LogP contribution in [0.5, 0.6) is 0 Å². The first-order valence-electron chi connectivity index (χ1n) is 5.35. The predicted octanol–water partition coefficient (Wildman–Crippen LogP) is 2.19. The fourth-order valence-electron chi connectivity index (χ4n) is 1.50. The summed E-state index contributed by atoms with van der Waals surface area (Å²) in [6, 6.07) is 8.59. The second-order valence-electron chi connectivity index (χ2n) is 3.66. The van der Waals surface area contributed by atoms with E-state index in [2.05, 4.69) is 15.0 Å². The first-order chi connectivity index (χ1) is 8.70. The summed E-state index contributed by atoms with van der Waals surface area (Å²) in [6.07, 6.45) is 3.35. The lowest BCUT2D eigenvalue weighted by Gasteiger charge is -2.10. The van der Waals surface area contributed by atoms with Gasteiger partial charge >= 0.3 is 5.97 Å². The maximum absolute atomic E-state index is 11.4. The van der Waals surface area contributed by atoms with Crippen LogP contribution >= 0.6 is 0 Å². The first kappa shape index (κ1) is 11.9. The number of carbonyl (C=O) groups excluding carboxylic acids is 1. The normalized spacial score (nSPS) is 9.83. The molecular weight excluding hydrogens is 230 g/mol. The second kappa shape index (κ2) is 5.18. The Morgan fingerprint density at radius 3 is 2.89 bits per heavy atom. The fraction of sp³-hybridized carbons (Fsp3) is 0.0769. The minimum absolute atomic E-state index is 0.399. The molecule has 0 radical (unpaired) electrons. The monoisotopic (exact) mass is 243 g/mol. The van der Waals surface area contributed by atoms with Gasteiger partial charge < -0.3 is 15.8 Å². The van der Waals surface area contributed by atoms with Crippen LogP contribution in [0.4, 0.5) is 17.1 Å². The number of nitrogen functional groups attached to an aromatic ring is 1. The SMILES string of the molecule is COC(=O)c1ccc(N)c(Nc2cccnc2)c1. The molecule has 92 valence electrons. The van der Waals surface area contributed by atoms with Gasteiger partial charge in [-0.3, -0.25) is 4.98 Å². The Bertz CT molecular complexity index is 555. The molecular formula is C13H13N3O2. The van der Waals surface area contributed by atoms with Gasteiger partial charge in [0.2, 0.25) is 0 Å². The van der Waals surface area contributed by atoms with Gasteiger partial charge in [0.1, 0.15) is 0 Å². The molecule has 0 aliphatic rings. The maximum atomic E-state index is 11.4. The van der Waals surface area contributed by atoms with Crippen molar-refractivity contribution in [1.29, 1.82) is 0 Å². The van der Waals surface area contributed by atoms with Gasteiger partial charge in [0.25, 0.3) is 0 Å². The number of hydrogen-bond donors (Lipinski definition) is 2. The zero-order chi connectivity index (χ0) is 13.0. The summed E-state index contributed by atoms with van der Waals surface area (Å²) in [4.78, 5) is 15.4. The third-order valence-corrected chi connectivity index (χ3v) is 2.41. The summed E-state index contributed by atoms with van der Waals surface area (Å²) < 4.78 is 4.66. The van der Waals surface area contributed by atoms with E-state index in [1.54, 1.807) is 30.6 Å². The van der Waals surface area contributed by atoms with Crippen LogP contribution in [0.2, 0.25) is 0 Å². The molecule has 18 heavy (non-hydrogen) atoms. The largest absolute Gasteiger partial charge is 0.465 e. The molecule has 0 aliphatic heterocycles. The van der Waals surface area contributed by atoms with E-state index in [4.69, 9.17) is 5.73 Å². The number of nitrogens with one attached hydrogen (secondary N) is 1. The number of benzene rings is 1. The van der Waals surface area contributed by atoms with Crippen LogP contribution in [0.3, 0.4) is 0 Å². The highest BCUT2D eigenvalue weighted by molar-refractivity contribution is 5.92. The maximum Gasteiger partial charge on any atom is 0.337 e. The molecule has 3 N–H and O–H groups in total. The molecule has 0 aliphatic carbocycles. The molecule has 5 heteroatoms. The van der Waals surface area contributed by atoms with Gasteiger partial charge in [-0.2, -0.15) is 0 Å². The lowest BCUT2D eigenvalue weighted by atomic mass is 10.1. The third kappa shape index (κ3) is 2.57. The highest BCUT2D eigenvalue weighted by atomic mass is 16.5. The minimum atomic E-state index is -0.399. The number of nitrogens with two attached hydrogens (primary N) is 1. The quantitative estimate of drug-likeness (QED) is 0.638.